The third kappa shape index (κ3) is 3.71. The molecule has 0 saturated heterocycles. The zero-order chi connectivity index (χ0) is 11.3. The van der Waals surface area contributed by atoms with Crippen molar-refractivity contribution < 1.29 is 0 Å². The van der Waals surface area contributed by atoms with Crippen molar-refractivity contribution in [3.63, 3.8) is 0 Å². The normalized spacial score (nSPS) is 10.5. The van der Waals surface area contributed by atoms with Gasteiger partial charge in [0.25, 0.3) is 0 Å². The Kier molecular flexibility index (Phi) is 4.30. The van der Waals surface area contributed by atoms with Gasteiger partial charge in [0, 0.05) is 27.2 Å². The van der Waals surface area contributed by atoms with E-state index in [9.17, 15) is 0 Å². The highest BCUT2D eigenvalue weighted by molar-refractivity contribution is 5.42. The van der Waals surface area contributed by atoms with E-state index in [4.69, 9.17) is 0 Å². The van der Waals surface area contributed by atoms with Gasteiger partial charge >= 0.3 is 0 Å². The van der Waals surface area contributed by atoms with Crippen molar-refractivity contribution in [2.45, 2.75) is 0 Å². The lowest BCUT2D eigenvalue weighted by atomic mass is 10.5. The molecular formula is C10H19N5. The molecule has 15 heavy (non-hydrogen) atoms. The fourth-order valence-corrected chi connectivity index (χ4v) is 1.12. The second kappa shape index (κ2) is 5.50. The summed E-state index contributed by atoms with van der Waals surface area (Å²) in [6.07, 6.45) is 3.49. The van der Waals surface area contributed by atoms with Gasteiger partial charge in [-0.3, -0.25) is 4.98 Å². The van der Waals surface area contributed by atoms with Gasteiger partial charge in [-0.05, 0) is 14.1 Å². The molecule has 84 valence electrons. The van der Waals surface area contributed by atoms with E-state index in [0.29, 0.717) is 0 Å². The predicted octanol–water partition coefficient (Wildman–Crippen LogP) is 0.516. The number of nitrogens with one attached hydrogen (secondary N) is 1. The molecule has 1 aromatic rings. The van der Waals surface area contributed by atoms with Crippen LogP contribution < -0.4 is 10.2 Å². The van der Waals surface area contributed by atoms with Gasteiger partial charge in [-0.2, -0.15) is 0 Å². The van der Waals surface area contributed by atoms with Gasteiger partial charge in [0.1, 0.15) is 11.6 Å². The van der Waals surface area contributed by atoms with E-state index in [2.05, 4.69) is 39.2 Å². The molecule has 0 bridgehead atoms. The molecule has 1 heterocycles. The number of rotatable bonds is 5. The van der Waals surface area contributed by atoms with E-state index in [0.717, 1.165) is 24.7 Å². The van der Waals surface area contributed by atoms with Crippen molar-refractivity contribution >= 4 is 11.6 Å². The zero-order valence-electron chi connectivity index (χ0n) is 9.86. The molecule has 0 amide bonds. The Morgan fingerprint density at radius 1 is 1.20 bits per heavy atom. The van der Waals surface area contributed by atoms with Gasteiger partial charge in [-0.1, -0.05) is 0 Å². The van der Waals surface area contributed by atoms with Crippen LogP contribution in [0.3, 0.4) is 0 Å². The molecule has 5 heteroatoms. The van der Waals surface area contributed by atoms with Crippen molar-refractivity contribution in [1.82, 2.24) is 14.9 Å². The second-order valence-electron chi connectivity index (χ2n) is 3.74. The largest absolute Gasteiger partial charge is 0.372 e. The lowest BCUT2D eigenvalue weighted by Gasteiger charge is -2.20. The Hall–Kier alpha value is -1.36. The van der Waals surface area contributed by atoms with Crippen LogP contribution in [0.4, 0.5) is 11.6 Å². The fraction of sp³-hybridized carbons (Fsp3) is 0.600. The minimum absolute atomic E-state index is 0.796. The summed E-state index contributed by atoms with van der Waals surface area (Å²) in [6.45, 7) is 1.94. The molecule has 1 N–H and O–H groups in total. The first-order chi connectivity index (χ1) is 7.13. The lowest BCUT2D eigenvalue weighted by Crippen LogP contribution is -2.29. The number of hydrogen-bond donors (Lipinski definition) is 1. The molecule has 5 nitrogen and oxygen atoms in total. The zero-order valence-corrected chi connectivity index (χ0v) is 9.86. The maximum Gasteiger partial charge on any atom is 0.149 e. The molecule has 0 aromatic carbocycles. The molecule has 0 aliphatic heterocycles. The molecule has 0 saturated carbocycles. The van der Waals surface area contributed by atoms with E-state index in [-0.39, 0.29) is 0 Å². The third-order valence-corrected chi connectivity index (χ3v) is 2.15. The van der Waals surface area contributed by atoms with Crippen molar-refractivity contribution in [2.75, 3.05) is 51.5 Å². The van der Waals surface area contributed by atoms with Crippen molar-refractivity contribution in [3.05, 3.63) is 12.4 Å². The minimum atomic E-state index is 0.796. The van der Waals surface area contributed by atoms with Crippen LogP contribution in [0.15, 0.2) is 12.4 Å². The molecule has 1 rings (SSSR count). The number of anilines is 2. The predicted molar refractivity (Wildman–Crippen MR) is 63.4 cm³/mol. The maximum absolute atomic E-state index is 4.40. The van der Waals surface area contributed by atoms with E-state index < -0.39 is 0 Å². The molecule has 0 spiro atoms. The molecular weight excluding hydrogens is 190 g/mol. The Labute approximate surface area is 91.1 Å². The van der Waals surface area contributed by atoms with E-state index in [1.807, 2.05) is 14.1 Å². The highest BCUT2D eigenvalue weighted by atomic mass is 15.2. The maximum atomic E-state index is 4.40. The van der Waals surface area contributed by atoms with Gasteiger partial charge in [-0.15, -0.1) is 0 Å². The Bertz CT molecular complexity index is 300. The quantitative estimate of drug-likeness (QED) is 0.765. The molecule has 1 aromatic heterocycles. The fourth-order valence-electron chi connectivity index (χ4n) is 1.12. The van der Waals surface area contributed by atoms with Crippen LogP contribution in [0.5, 0.6) is 0 Å². The number of hydrogen-bond acceptors (Lipinski definition) is 5. The summed E-state index contributed by atoms with van der Waals surface area (Å²) in [5, 5.41) is 2.98. The monoisotopic (exact) mass is 209 g/mol. The molecule has 0 radical (unpaired) electrons. The van der Waals surface area contributed by atoms with Crippen molar-refractivity contribution in [1.29, 1.82) is 0 Å². The lowest BCUT2D eigenvalue weighted by molar-refractivity contribution is 0.416. The third-order valence-electron chi connectivity index (χ3n) is 2.15. The summed E-state index contributed by atoms with van der Waals surface area (Å²) < 4.78 is 0. The highest BCUT2D eigenvalue weighted by Gasteiger charge is 2.03. The summed E-state index contributed by atoms with van der Waals surface area (Å²) in [5.41, 5.74) is 0. The minimum Gasteiger partial charge on any atom is -0.372 e. The van der Waals surface area contributed by atoms with E-state index in [1.165, 1.54) is 0 Å². The van der Waals surface area contributed by atoms with Gasteiger partial charge < -0.3 is 15.1 Å². The highest BCUT2D eigenvalue weighted by Crippen LogP contribution is 2.09. The van der Waals surface area contributed by atoms with Gasteiger partial charge in [0.15, 0.2) is 0 Å². The topological polar surface area (TPSA) is 44.3 Å². The standard InChI is InChI=1S/C10H19N5/c1-11-9-7-12-8-10(13-9)15(4)6-5-14(2)3/h7-8H,5-6H2,1-4H3,(H,11,13). The van der Waals surface area contributed by atoms with Gasteiger partial charge in [0.05, 0.1) is 12.4 Å². The summed E-state index contributed by atoms with van der Waals surface area (Å²) in [4.78, 5) is 12.8. The first-order valence-corrected chi connectivity index (χ1v) is 4.99. The van der Waals surface area contributed by atoms with Gasteiger partial charge in [0.2, 0.25) is 0 Å². The van der Waals surface area contributed by atoms with Crippen LogP contribution in [-0.4, -0.2) is 56.1 Å². The van der Waals surface area contributed by atoms with Crippen LogP contribution in [0.25, 0.3) is 0 Å². The Morgan fingerprint density at radius 2 is 1.93 bits per heavy atom. The number of likely N-dealkylation sites (N-methyl/N-ethyl adjacent to an activating group) is 2. The van der Waals surface area contributed by atoms with E-state index in [1.54, 1.807) is 12.4 Å². The SMILES string of the molecule is CNc1cncc(N(C)CCN(C)C)n1. The molecule has 0 atom stereocenters. The number of aromatic nitrogens is 2. The smallest absolute Gasteiger partial charge is 0.149 e. The molecule has 0 aliphatic carbocycles. The van der Waals surface area contributed by atoms with Crippen LogP contribution in [0.1, 0.15) is 0 Å². The van der Waals surface area contributed by atoms with Crippen molar-refractivity contribution in [3.8, 4) is 0 Å². The molecule has 0 fully saturated rings. The second-order valence-corrected chi connectivity index (χ2v) is 3.74. The summed E-state index contributed by atoms with van der Waals surface area (Å²) in [7, 11) is 7.98. The summed E-state index contributed by atoms with van der Waals surface area (Å²) in [5.74, 6) is 1.69. The first-order valence-electron chi connectivity index (χ1n) is 4.99. The first kappa shape index (κ1) is 11.7. The Balaban J connectivity index is 2.60. The summed E-state index contributed by atoms with van der Waals surface area (Å²) >= 11 is 0. The number of nitrogens with zero attached hydrogens (tertiary/aromatic N) is 4. The molecule has 0 aliphatic rings. The molecule has 0 unspecified atom stereocenters. The van der Waals surface area contributed by atoms with Crippen LogP contribution in [-0.2, 0) is 0 Å². The van der Waals surface area contributed by atoms with Crippen molar-refractivity contribution in [2.24, 2.45) is 0 Å². The average molecular weight is 209 g/mol. The average Bonchev–Trinajstić information content (AvgIpc) is 2.26. The van der Waals surface area contributed by atoms with Crippen LogP contribution >= 0.6 is 0 Å². The summed E-state index contributed by atoms with van der Waals surface area (Å²) in [6, 6.07) is 0. The van der Waals surface area contributed by atoms with Gasteiger partial charge in [-0.25, -0.2) is 4.98 Å². The van der Waals surface area contributed by atoms with Crippen LogP contribution in [0, 0.1) is 0 Å². The van der Waals surface area contributed by atoms with Crippen LogP contribution in [0.2, 0.25) is 0 Å². The van der Waals surface area contributed by atoms with E-state index >= 15 is 0 Å². The Morgan fingerprint density at radius 3 is 2.53 bits per heavy atom.